The quantitative estimate of drug-likeness (QED) is 0.886. The van der Waals surface area contributed by atoms with Crippen molar-refractivity contribution in [3.05, 3.63) is 42.4 Å². The molecule has 0 aliphatic heterocycles. The van der Waals surface area contributed by atoms with Crippen molar-refractivity contribution in [3.8, 4) is 17.0 Å². The van der Waals surface area contributed by atoms with Crippen LogP contribution in [0.3, 0.4) is 0 Å². The molecule has 0 saturated heterocycles. The SMILES string of the molecule is Oc1ccc(-c2cnccn2)cc1CNCC1CCCCC1. The number of phenolic OH excluding ortho intramolecular Hbond substituents is 1. The van der Waals surface area contributed by atoms with Crippen molar-refractivity contribution in [3.63, 3.8) is 0 Å². The van der Waals surface area contributed by atoms with Gasteiger partial charge in [-0.2, -0.15) is 0 Å². The van der Waals surface area contributed by atoms with Gasteiger partial charge in [-0.15, -0.1) is 0 Å². The Morgan fingerprint density at radius 3 is 2.77 bits per heavy atom. The minimum absolute atomic E-state index is 0.337. The van der Waals surface area contributed by atoms with Crippen molar-refractivity contribution in [1.29, 1.82) is 0 Å². The summed E-state index contributed by atoms with van der Waals surface area (Å²) in [5.41, 5.74) is 2.73. The highest BCUT2D eigenvalue weighted by molar-refractivity contribution is 5.60. The van der Waals surface area contributed by atoms with E-state index in [2.05, 4.69) is 15.3 Å². The second-order valence-electron chi connectivity index (χ2n) is 6.07. The fourth-order valence-corrected chi connectivity index (χ4v) is 3.14. The molecule has 1 aromatic carbocycles. The van der Waals surface area contributed by atoms with E-state index in [0.29, 0.717) is 12.3 Å². The molecule has 116 valence electrons. The molecule has 0 radical (unpaired) electrons. The maximum atomic E-state index is 10.0. The molecule has 0 unspecified atom stereocenters. The lowest BCUT2D eigenvalue weighted by Crippen LogP contribution is -2.24. The summed E-state index contributed by atoms with van der Waals surface area (Å²) in [4.78, 5) is 8.40. The van der Waals surface area contributed by atoms with Crippen LogP contribution in [-0.2, 0) is 6.54 Å². The van der Waals surface area contributed by atoms with E-state index in [1.165, 1.54) is 32.1 Å². The van der Waals surface area contributed by atoms with Gasteiger partial charge in [0.2, 0.25) is 0 Å². The predicted molar refractivity (Wildman–Crippen MR) is 87.4 cm³/mol. The number of aromatic hydroxyl groups is 1. The number of nitrogens with one attached hydrogen (secondary N) is 1. The van der Waals surface area contributed by atoms with E-state index in [1.807, 2.05) is 12.1 Å². The lowest BCUT2D eigenvalue weighted by atomic mass is 9.89. The number of benzene rings is 1. The van der Waals surface area contributed by atoms with Gasteiger partial charge in [0.15, 0.2) is 0 Å². The molecule has 2 N–H and O–H groups in total. The Bertz CT molecular complexity index is 595. The molecule has 1 aliphatic rings. The van der Waals surface area contributed by atoms with Crippen molar-refractivity contribution in [2.75, 3.05) is 6.54 Å². The summed E-state index contributed by atoms with van der Waals surface area (Å²) in [5, 5.41) is 13.5. The highest BCUT2D eigenvalue weighted by atomic mass is 16.3. The summed E-state index contributed by atoms with van der Waals surface area (Å²) < 4.78 is 0. The predicted octanol–water partition coefficient (Wildman–Crippen LogP) is 3.52. The molecule has 1 saturated carbocycles. The fraction of sp³-hybridized carbons (Fsp3) is 0.444. The number of hydrogen-bond acceptors (Lipinski definition) is 4. The standard InChI is InChI=1S/C18H23N3O/c22-18-7-6-15(17-13-19-8-9-21-17)10-16(18)12-20-11-14-4-2-1-3-5-14/h6-10,13-14,20,22H,1-5,11-12H2. The van der Waals surface area contributed by atoms with Gasteiger partial charge >= 0.3 is 0 Å². The molecule has 1 heterocycles. The fourth-order valence-electron chi connectivity index (χ4n) is 3.14. The van der Waals surface area contributed by atoms with E-state index in [-0.39, 0.29) is 0 Å². The van der Waals surface area contributed by atoms with Crippen LogP contribution in [0.15, 0.2) is 36.8 Å². The monoisotopic (exact) mass is 297 g/mol. The Balaban J connectivity index is 1.63. The van der Waals surface area contributed by atoms with E-state index in [4.69, 9.17) is 0 Å². The third-order valence-corrected chi connectivity index (χ3v) is 4.41. The van der Waals surface area contributed by atoms with Gasteiger partial charge < -0.3 is 10.4 Å². The molecule has 4 heteroatoms. The zero-order valence-electron chi connectivity index (χ0n) is 12.8. The maximum absolute atomic E-state index is 10.0. The second-order valence-corrected chi connectivity index (χ2v) is 6.07. The topological polar surface area (TPSA) is 58.0 Å². The Labute approximate surface area is 131 Å². The minimum atomic E-state index is 0.337. The highest BCUT2D eigenvalue weighted by Crippen LogP contribution is 2.25. The van der Waals surface area contributed by atoms with Crippen molar-refractivity contribution in [2.24, 2.45) is 5.92 Å². The summed E-state index contributed by atoms with van der Waals surface area (Å²) in [6.45, 7) is 1.73. The van der Waals surface area contributed by atoms with Gasteiger partial charge in [0.25, 0.3) is 0 Å². The van der Waals surface area contributed by atoms with Crippen LogP contribution in [0.5, 0.6) is 5.75 Å². The maximum Gasteiger partial charge on any atom is 0.120 e. The Hall–Kier alpha value is -1.94. The van der Waals surface area contributed by atoms with Crippen LogP contribution in [0.4, 0.5) is 0 Å². The van der Waals surface area contributed by atoms with Crippen LogP contribution in [0, 0.1) is 5.92 Å². The molecular weight excluding hydrogens is 274 g/mol. The van der Waals surface area contributed by atoms with E-state index < -0.39 is 0 Å². The zero-order chi connectivity index (χ0) is 15.2. The molecule has 2 aromatic rings. The number of aromatic nitrogens is 2. The smallest absolute Gasteiger partial charge is 0.120 e. The van der Waals surface area contributed by atoms with Gasteiger partial charge in [0.05, 0.1) is 11.9 Å². The van der Waals surface area contributed by atoms with Gasteiger partial charge in [-0.3, -0.25) is 9.97 Å². The summed E-state index contributed by atoms with van der Waals surface area (Å²) in [6.07, 6.45) is 11.9. The van der Waals surface area contributed by atoms with E-state index in [1.54, 1.807) is 24.7 Å². The molecule has 1 aromatic heterocycles. The molecule has 0 bridgehead atoms. The van der Waals surface area contributed by atoms with Crippen LogP contribution in [0.25, 0.3) is 11.3 Å². The van der Waals surface area contributed by atoms with Gasteiger partial charge in [0.1, 0.15) is 5.75 Å². The lowest BCUT2D eigenvalue weighted by molar-refractivity contribution is 0.341. The van der Waals surface area contributed by atoms with Gasteiger partial charge in [-0.1, -0.05) is 19.3 Å². The molecule has 4 nitrogen and oxygen atoms in total. The molecule has 0 amide bonds. The summed E-state index contributed by atoms with van der Waals surface area (Å²) in [7, 11) is 0. The zero-order valence-corrected chi connectivity index (χ0v) is 12.8. The Kier molecular flexibility index (Phi) is 5.01. The normalized spacial score (nSPS) is 15.8. The van der Waals surface area contributed by atoms with E-state index >= 15 is 0 Å². The molecule has 22 heavy (non-hydrogen) atoms. The number of phenols is 1. The van der Waals surface area contributed by atoms with Crippen LogP contribution in [0.2, 0.25) is 0 Å². The highest BCUT2D eigenvalue weighted by Gasteiger charge is 2.13. The number of hydrogen-bond donors (Lipinski definition) is 2. The van der Waals surface area contributed by atoms with Crippen LogP contribution in [-0.4, -0.2) is 21.6 Å². The Morgan fingerprint density at radius 1 is 1.14 bits per heavy atom. The molecule has 0 spiro atoms. The first-order valence-corrected chi connectivity index (χ1v) is 8.12. The summed E-state index contributed by atoms with van der Waals surface area (Å²) in [5.74, 6) is 1.13. The molecule has 1 aliphatic carbocycles. The van der Waals surface area contributed by atoms with E-state index in [9.17, 15) is 5.11 Å². The van der Waals surface area contributed by atoms with Gasteiger partial charge in [-0.25, -0.2) is 0 Å². The molecule has 0 atom stereocenters. The van der Waals surface area contributed by atoms with Gasteiger partial charge in [0, 0.05) is 30.1 Å². The Morgan fingerprint density at radius 2 is 2.00 bits per heavy atom. The van der Waals surface area contributed by atoms with Crippen molar-refractivity contribution >= 4 is 0 Å². The summed E-state index contributed by atoms with van der Waals surface area (Å²) >= 11 is 0. The molecule has 3 rings (SSSR count). The minimum Gasteiger partial charge on any atom is -0.508 e. The largest absolute Gasteiger partial charge is 0.508 e. The first-order chi connectivity index (χ1) is 10.8. The third-order valence-electron chi connectivity index (χ3n) is 4.41. The van der Waals surface area contributed by atoms with Crippen molar-refractivity contribution in [1.82, 2.24) is 15.3 Å². The second kappa shape index (κ2) is 7.36. The lowest BCUT2D eigenvalue weighted by Gasteiger charge is -2.22. The number of rotatable bonds is 5. The number of nitrogens with zero attached hydrogens (tertiary/aromatic N) is 2. The summed E-state index contributed by atoms with van der Waals surface area (Å²) in [6, 6.07) is 5.61. The average molecular weight is 297 g/mol. The van der Waals surface area contributed by atoms with E-state index in [0.717, 1.165) is 29.3 Å². The van der Waals surface area contributed by atoms with Crippen LogP contribution < -0.4 is 5.32 Å². The first-order valence-electron chi connectivity index (χ1n) is 8.12. The van der Waals surface area contributed by atoms with Gasteiger partial charge in [-0.05, 0) is 43.5 Å². The third kappa shape index (κ3) is 3.83. The molecule has 1 fully saturated rings. The van der Waals surface area contributed by atoms with Crippen molar-refractivity contribution < 1.29 is 5.11 Å². The average Bonchev–Trinajstić information content (AvgIpc) is 2.58. The first kappa shape index (κ1) is 15.0. The molecular formula is C18H23N3O. The van der Waals surface area contributed by atoms with Crippen molar-refractivity contribution in [2.45, 2.75) is 38.6 Å². The van der Waals surface area contributed by atoms with Crippen LogP contribution in [0.1, 0.15) is 37.7 Å². The van der Waals surface area contributed by atoms with Crippen LogP contribution >= 0.6 is 0 Å².